The van der Waals surface area contributed by atoms with Crippen LogP contribution in [0.5, 0.6) is 0 Å². The van der Waals surface area contributed by atoms with E-state index in [0.29, 0.717) is 0 Å². The van der Waals surface area contributed by atoms with E-state index in [0.717, 1.165) is 0 Å². The van der Waals surface area contributed by atoms with Gasteiger partial charge in [0.05, 0.1) is 0 Å². The first-order chi connectivity index (χ1) is 16.7. The van der Waals surface area contributed by atoms with E-state index in [2.05, 4.69) is 153 Å². The van der Waals surface area contributed by atoms with Crippen LogP contribution >= 0.6 is 0 Å². The minimum atomic E-state index is -1.81. The summed E-state index contributed by atoms with van der Waals surface area (Å²) in [5.74, 6) is 0. The van der Waals surface area contributed by atoms with Crippen molar-refractivity contribution in [3.63, 3.8) is 0 Å². The fourth-order valence-electron chi connectivity index (χ4n) is 7.67. The molecule has 0 atom stereocenters. The molecule has 3 fully saturated rings. The standard InChI is InChI=1S/C28H42BN3Si4/c1-23-11-17-26(18-12-23)30-29-31(27-19-13-24(2)14-20-27)34(6,7)36(10,33(30,4)5)35(8,9)32(29)28-21-15-25(3)16-22-28/h11-22H,1-10H3. The van der Waals surface area contributed by atoms with Gasteiger partial charge < -0.3 is 13.4 Å². The zero-order valence-electron chi connectivity index (χ0n) is 23.8. The predicted octanol–water partition coefficient (Wildman–Crippen LogP) is 7.37. The van der Waals surface area contributed by atoms with E-state index in [4.69, 9.17) is 0 Å². The van der Waals surface area contributed by atoms with E-state index in [1.165, 1.54) is 33.8 Å². The number of nitrogens with zero attached hydrogens (tertiary/aromatic N) is 3. The molecule has 3 nitrogen and oxygen atoms in total. The van der Waals surface area contributed by atoms with Crippen LogP contribution in [-0.2, 0) is 0 Å². The molecule has 6 rings (SSSR count). The summed E-state index contributed by atoms with van der Waals surface area (Å²) in [5, 5.41) is 0. The Morgan fingerprint density at radius 2 is 0.639 bits per heavy atom. The maximum Gasteiger partial charge on any atom is 0.478 e. The fourth-order valence-corrected chi connectivity index (χ4v) is 85.7. The highest BCUT2D eigenvalue weighted by Gasteiger charge is 2.81. The van der Waals surface area contributed by atoms with Crippen molar-refractivity contribution in [2.24, 2.45) is 0 Å². The average Bonchev–Trinajstić information content (AvgIpc) is 2.80. The molecule has 0 N–H and O–H groups in total. The van der Waals surface area contributed by atoms with Crippen LogP contribution < -0.4 is 13.4 Å². The minimum absolute atomic E-state index is 0.220. The van der Waals surface area contributed by atoms with E-state index >= 15 is 0 Å². The fraction of sp³-hybridized carbons (Fsp3) is 0.357. The first-order valence-electron chi connectivity index (χ1n) is 13.3. The lowest BCUT2D eigenvalue weighted by Gasteiger charge is -2.78. The zero-order chi connectivity index (χ0) is 26.3. The summed E-state index contributed by atoms with van der Waals surface area (Å²) in [4.78, 5) is 0. The first kappa shape index (κ1) is 25.6. The maximum atomic E-state index is 2.95. The highest BCUT2D eigenvalue weighted by Crippen LogP contribution is 2.54. The van der Waals surface area contributed by atoms with Gasteiger partial charge in [-0.05, 0) is 57.2 Å². The molecule has 0 aliphatic carbocycles. The summed E-state index contributed by atoms with van der Waals surface area (Å²) in [6, 6.07) is 28.2. The van der Waals surface area contributed by atoms with Gasteiger partial charge in [-0.2, -0.15) is 0 Å². The van der Waals surface area contributed by atoms with Gasteiger partial charge in [0, 0.05) is 17.1 Å². The van der Waals surface area contributed by atoms with Crippen LogP contribution in [0.4, 0.5) is 17.1 Å². The van der Waals surface area contributed by atoms with Crippen molar-refractivity contribution in [2.45, 2.75) is 66.6 Å². The van der Waals surface area contributed by atoms with Crippen LogP contribution in [0.25, 0.3) is 0 Å². The van der Waals surface area contributed by atoms with Gasteiger partial charge in [0.1, 0.15) is 29.9 Å². The van der Waals surface area contributed by atoms with Gasteiger partial charge in [-0.3, -0.25) is 0 Å². The smallest absolute Gasteiger partial charge is 0.407 e. The summed E-state index contributed by atoms with van der Waals surface area (Å²) in [6.07, 6.45) is 0. The Morgan fingerprint density at radius 3 is 0.861 bits per heavy atom. The van der Waals surface area contributed by atoms with Crippen LogP contribution in [0.2, 0.25) is 45.8 Å². The number of hydrogen-bond donors (Lipinski definition) is 0. The Bertz CT molecular complexity index is 1120. The van der Waals surface area contributed by atoms with Crippen LogP contribution in [0.15, 0.2) is 72.8 Å². The lowest BCUT2D eigenvalue weighted by atomic mass is 9.90. The molecular formula is C28H42BN3Si4. The molecule has 188 valence electrons. The topological polar surface area (TPSA) is 9.72 Å². The second-order valence-electron chi connectivity index (χ2n) is 12.8. The van der Waals surface area contributed by atoms with E-state index in [-0.39, 0.29) is 7.12 Å². The molecule has 0 amide bonds. The Morgan fingerprint density at radius 1 is 0.417 bits per heavy atom. The van der Waals surface area contributed by atoms with Crippen LogP contribution in [0.3, 0.4) is 0 Å². The summed E-state index contributed by atoms with van der Waals surface area (Å²) >= 11 is 0. The number of benzene rings is 3. The van der Waals surface area contributed by atoms with Crippen molar-refractivity contribution in [3.05, 3.63) is 89.5 Å². The highest BCUT2D eigenvalue weighted by atomic mass is 29.9. The van der Waals surface area contributed by atoms with E-state index < -0.39 is 29.9 Å². The molecule has 0 unspecified atom stereocenters. The van der Waals surface area contributed by atoms with Gasteiger partial charge in [-0.1, -0.05) is 98.9 Å². The monoisotopic (exact) mass is 543 g/mol. The Balaban J connectivity index is 1.85. The van der Waals surface area contributed by atoms with Crippen molar-refractivity contribution in [3.8, 4) is 0 Å². The normalized spacial score (nSPS) is 21.2. The molecule has 3 heterocycles. The third-order valence-corrected chi connectivity index (χ3v) is 79.8. The van der Waals surface area contributed by atoms with E-state index in [1.807, 2.05) is 0 Å². The molecule has 0 saturated carbocycles. The second kappa shape index (κ2) is 8.25. The quantitative estimate of drug-likeness (QED) is 0.319. The van der Waals surface area contributed by atoms with Gasteiger partial charge in [0.25, 0.3) is 0 Å². The molecule has 36 heavy (non-hydrogen) atoms. The van der Waals surface area contributed by atoms with E-state index in [1.54, 1.807) is 0 Å². The minimum Gasteiger partial charge on any atom is -0.407 e. The summed E-state index contributed by atoms with van der Waals surface area (Å²) < 4.78 is 8.86. The van der Waals surface area contributed by atoms with Crippen molar-refractivity contribution in [1.82, 2.24) is 0 Å². The molecule has 3 aromatic carbocycles. The largest absolute Gasteiger partial charge is 0.478 e. The number of anilines is 3. The molecule has 3 aliphatic rings. The van der Waals surface area contributed by atoms with Gasteiger partial charge in [0.15, 0.2) is 0 Å². The SMILES string of the molecule is Cc1ccc(N2B3N(c4ccc(C)cc4)[Si](C)(C)[Si](C)([Si]2(C)C)[Si](C)(C)N3c2ccc(C)cc2)cc1. The number of rotatable bonds is 3. The predicted molar refractivity (Wildman–Crippen MR) is 171 cm³/mol. The molecule has 3 saturated heterocycles. The Kier molecular flexibility index (Phi) is 5.87. The van der Waals surface area contributed by atoms with Crippen molar-refractivity contribution >= 4 is 54.1 Å². The molecule has 3 aliphatic heterocycles. The second-order valence-corrected chi connectivity index (χ2v) is 50.3. The van der Waals surface area contributed by atoms with Crippen molar-refractivity contribution in [1.29, 1.82) is 0 Å². The summed E-state index contributed by atoms with van der Waals surface area (Å²) in [6.45, 7) is 24.0. The maximum absolute atomic E-state index is 2.95. The Hall–Kier alpha value is -2.01. The molecule has 3 aromatic rings. The van der Waals surface area contributed by atoms with Gasteiger partial charge in [0.2, 0.25) is 0 Å². The lowest BCUT2D eigenvalue weighted by molar-refractivity contribution is 1.23. The number of hydrogen-bond acceptors (Lipinski definition) is 3. The summed E-state index contributed by atoms with van der Waals surface area (Å²) in [7, 11) is -5.22. The third kappa shape index (κ3) is 3.27. The van der Waals surface area contributed by atoms with Gasteiger partial charge >= 0.3 is 7.12 Å². The molecule has 8 heteroatoms. The lowest BCUT2D eigenvalue weighted by Crippen LogP contribution is -3.08. The summed E-state index contributed by atoms with van der Waals surface area (Å²) in [5.41, 5.74) is 8.22. The van der Waals surface area contributed by atoms with Crippen molar-refractivity contribution in [2.75, 3.05) is 13.4 Å². The van der Waals surface area contributed by atoms with Gasteiger partial charge in [-0.15, -0.1) is 0 Å². The molecule has 0 radical (unpaired) electrons. The van der Waals surface area contributed by atoms with Crippen molar-refractivity contribution < 1.29 is 0 Å². The molecular weight excluding hydrogens is 501 g/mol. The first-order valence-corrected chi connectivity index (χ1v) is 27.7. The molecule has 0 aromatic heterocycles. The van der Waals surface area contributed by atoms with Crippen LogP contribution in [0, 0.1) is 20.8 Å². The molecule has 2 bridgehead atoms. The highest BCUT2D eigenvalue weighted by molar-refractivity contribution is 7.94. The number of aryl methyl sites for hydroxylation is 3. The molecule has 0 spiro atoms. The Labute approximate surface area is 222 Å². The third-order valence-electron chi connectivity index (χ3n) is 10.1. The van der Waals surface area contributed by atoms with Crippen LogP contribution in [0.1, 0.15) is 16.7 Å². The van der Waals surface area contributed by atoms with Crippen LogP contribution in [-0.4, -0.2) is 37.0 Å². The number of fused-ring (bicyclic) bond motifs is 3. The zero-order valence-corrected chi connectivity index (χ0v) is 27.8. The van der Waals surface area contributed by atoms with Gasteiger partial charge in [-0.25, -0.2) is 0 Å². The average molecular weight is 544 g/mol. The van der Waals surface area contributed by atoms with E-state index in [9.17, 15) is 0 Å².